The minimum Gasteiger partial charge on any atom is -0.493 e. The highest BCUT2D eigenvalue weighted by Crippen LogP contribution is 2.24. The van der Waals surface area contributed by atoms with Crippen molar-refractivity contribution >= 4 is 28.1 Å². The summed E-state index contributed by atoms with van der Waals surface area (Å²) in [5.41, 5.74) is 3.37. The van der Waals surface area contributed by atoms with Gasteiger partial charge in [-0.3, -0.25) is 0 Å². The van der Waals surface area contributed by atoms with Crippen molar-refractivity contribution in [3.63, 3.8) is 0 Å². The number of hydrogen-bond donors (Lipinski definition) is 1. The lowest BCUT2D eigenvalue weighted by atomic mass is 10.1. The molecule has 2 aromatic carbocycles. The molecule has 154 valence electrons. The van der Waals surface area contributed by atoms with Crippen LogP contribution in [0.2, 0.25) is 5.02 Å². The molecule has 0 bridgehead atoms. The summed E-state index contributed by atoms with van der Waals surface area (Å²) in [4.78, 5) is 4.44. The number of hydrogen-bond acceptors (Lipinski definition) is 5. The van der Waals surface area contributed by atoms with Gasteiger partial charge in [-0.25, -0.2) is 4.98 Å². The monoisotopic (exact) mass is 431 g/mol. The average Bonchev–Trinajstić information content (AvgIpc) is 3.27. The minimum atomic E-state index is 0.386. The third kappa shape index (κ3) is 3.98. The maximum atomic E-state index is 9.59. The summed E-state index contributed by atoms with van der Waals surface area (Å²) in [6, 6.07) is 20.7. The Morgan fingerprint density at radius 3 is 2.77 bits per heavy atom. The Morgan fingerprint density at radius 1 is 1.06 bits per heavy atom. The van der Waals surface area contributed by atoms with Gasteiger partial charge in [0, 0.05) is 29.2 Å². The van der Waals surface area contributed by atoms with E-state index in [1.807, 2.05) is 65.2 Å². The van der Waals surface area contributed by atoms with Crippen LogP contribution in [-0.2, 0) is 6.42 Å². The molecule has 0 aliphatic rings. The molecule has 31 heavy (non-hydrogen) atoms. The zero-order valence-electron chi connectivity index (χ0n) is 16.4. The van der Waals surface area contributed by atoms with Crippen molar-refractivity contribution in [1.29, 1.82) is 0 Å². The van der Waals surface area contributed by atoms with Crippen LogP contribution in [0.5, 0.6) is 5.75 Å². The number of rotatable bonds is 5. The molecule has 5 rings (SSSR count). The van der Waals surface area contributed by atoms with E-state index >= 15 is 0 Å². The smallest absolute Gasteiger partial charge is 0.155 e. The first-order valence-electron chi connectivity index (χ1n) is 9.76. The van der Waals surface area contributed by atoms with Crippen LogP contribution in [0.4, 0.5) is 0 Å². The van der Waals surface area contributed by atoms with Crippen LogP contribution in [0.15, 0.2) is 88.8 Å². The van der Waals surface area contributed by atoms with Gasteiger partial charge in [0.15, 0.2) is 5.76 Å². The van der Waals surface area contributed by atoms with Crippen molar-refractivity contribution in [3.05, 3.63) is 95.2 Å². The molecule has 3 aromatic heterocycles. The van der Waals surface area contributed by atoms with Gasteiger partial charge in [0.1, 0.15) is 22.4 Å². The maximum absolute atomic E-state index is 9.59. The van der Waals surface area contributed by atoms with Crippen LogP contribution in [0.3, 0.4) is 0 Å². The zero-order chi connectivity index (χ0) is 21.2. The SMILES string of the molecule is ON=c1cc(-c2cc3cccn3cn2)oc2ccc(OCCc3ccc(Cl)cc3)cc12. The van der Waals surface area contributed by atoms with E-state index in [9.17, 15) is 5.21 Å². The molecule has 3 heterocycles. The largest absolute Gasteiger partial charge is 0.493 e. The normalized spacial score (nSPS) is 12.0. The summed E-state index contributed by atoms with van der Waals surface area (Å²) < 4.78 is 13.8. The fourth-order valence-corrected chi connectivity index (χ4v) is 3.58. The Hall–Kier alpha value is -3.77. The minimum absolute atomic E-state index is 0.386. The van der Waals surface area contributed by atoms with Crippen molar-refractivity contribution < 1.29 is 14.4 Å². The molecule has 0 saturated heterocycles. The number of ether oxygens (including phenoxy) is 1. The van der Waals surface area contributed by atoms with Crippen LogP contribution < -0.4 is 10.1 Å². The van der Waals surface area contributed by atoms with E-state index in [1.165, 1.54) is 0 Å². The fraction of sp³-hybridized carbons (Fsp3) is 0.0833. The standard InChI is InChI=1S/C24H18ClN3O3/c25-17-5-3-16(4-6-17)9-11-30-19-7-8-23-20(13-19)21(27-29)14-24(31-23)22-12-18-2-1-10-28(18)15-26-22/h1-8,10,12-15,29H,9,11H2. The second-order valence-corrected chi connectivity index (χ2v) is 7.53. The molecule has 0 amide bonds. The molecule has 0 aliphatic heterocycles. The highest BCUT2D eigenvalue weighted by atomic mass is 35.5. The lowest BCUT2D eigenvalue weighted by Gasteiger charge is -2.09. The van der Waals surface area contributed by atoms with Gasteiger partial charge in [-0.15, -0.1) is 0 Å². The lowest BCUT2D eigenvalue weighted by molar-refractivity contribution is 0.302. The summed E-state index contributed by atoms with van der Waals surface area (Å²) >= 11 is 5.92. The number of benzene rings is 2. The third-order valence-electron chi connectivity index (χ3n) is 5.07. The van der Waals surface area contributed by atoms with E-state index in [0.29, 0.717) is 45.2 Å². The molecule has 5 aromatic rings. The highest BCUT2D eigenvalue weighted by Gasteiger charge is 2.10. The van der Waals surface area contributed by atoms with Gasteiger partial charge in [0.25, 0.3) is 0 Å². The predicted octanol–water partition coefficient (Wildman–Crippen LogP) is 5.31. The summed E-state index contributed by atoms with van der Waals surface area (Å²) in [5.74, 6) is 1.18. The van der Waals surface area contributed by atoms with Gasteiger partial charge in [-0.05, 0) is 54.1 Å². The Morgan fingerprint density at radius 2 is 1.94 bits per heavy atom. The number of fused-ring (bicyclic) bond motifs is 2. The van der Waals surface area contributed by atoms with Crippen LogP contribution >= 0.6 is 11.6 Å². The first-order chi connectivity index (χ1) is 15.2. The van der Waals surface area contributed by atoms with Crippen LogP contribution in [0.25, 0.3) is 27.9 Å². The van der Waals surface area contributed by atoms with Gasteiger partial charge in [-0.2, -0.15) is 0 Å². The number of aromatic nitrogens is 2. The van der Waals surface area contributed by atoms with Gasteiger partial charge < -0.3 is 18.8 Å². The summed E-state index contributed by atoms with van der Waals surface area (Å²) in [5, 5.41) is 14.8. The zero-order valence-corrected chi connectivity index (χ0v) is 17.2. The molecule has 0 radical (unpaired) electrons. The van der Waals surface area contributed by atoms with E-state index in [-0.39, 0.29) is 0 Å². The second-order valence-electron chi connectivity index (χ2n) is 7.09. The van der Waals surface area contributed by atoms with Gasteiger partial charge in [0.2, 0.25) is 0 Å². The summed E-state index contributed by atoms with van der Waals surface area (Å²) in [7, 11) is 0. The Balaban J connectivity index is 1.42. The van der Waals surface area contributed by atoms with Crippen molar-refractivity contribution in [1.82, 2.24) is 9.38 Å². The fourth-order valence-electron chi connectivity index (χ4n) is 3.46. The number of nitrogens with zero attached hydrogens (tertiary/aromatic N) is 3. The van der Waals surface area contributed by atoms with Crippen molar-refractivity contribution in [2.75, 3.05) is 6.61 Å². The van der Waals surface area contributed by atoms with Crippen LogP contribution in [0, 0.1) is 0 Å². The van der Waals surface area contributed by atoms with E-state index in [1.54, 1.807) is 18.5 Å². The van der Waals surface area contributed by atoms with Crippen molar-refractivity contribution in [2.45, 2.75) is 6.42 Å². The Bertz CT molecular complexity index is 1440. The summed E-state index contributed by atoms with van der Waals surface area (Å²) in [6.45, 7) is 0.509. The first kappa shape index (κ1) is 19.2. The molecule has 1 N–H and O–H groups in total. The molecule has 0 saturated carbocycles. The second kappa shape index (κ2) is 8.16. The summed E-state index contributed by atoms with van der Waals surface area (Å²) in [6.07, 6.45) is 4.40. The molecule has 0 unspecified atom stereocenters. The van der Waals surface area contributed by atoms with Crippen LogP contribution in [0.1, 0.15) is 5.56 Å². The molecule has 0 aliphatic carbocycles. The van der Waals surface area contributed by atoms with Gasteiger partial charge in [0.05, 0.1) is 18.3 Å². The average molecular weight is 432 g/mol. The third-order valence-corrected chi connectivity index (χ3v) is 5.32. The number of halogens is 1. The lowest BCUT2D eigenvalue weighted by Crippen LogP contribution is -2.05. The van der Waals surface area contributed by atoms with Crippen molar-refractivity contribution in [3.8, 4) is 17.2 Å². The van der Waals surface area contributed by atoms with Gasteiger partial charge in [-0.1, -0.05) is 28.9 Å². The van der Waals surface area contributed by atoms with Crippen LogP contribution in [-0.4, -0.2) is 21.2 Å². The predicted molar refractivity (Wildman–Crippen MR) is 118 cm³/mol. The molecule has 0 atom stereocenters. The Labute approximate surface area is 182 Å². The molecule has 7 heteroatoms. The van der Waals surface area contributed by atoms with E-state index in [0.717, 1.165) is 17.5 Å². The molecular weight excluding hydrogens is 414 g/mol. The topological polar surface area (TPSA) is 72.3 Å². The molecule has 0 fully saturated rings. The van der Waals surface area contributed by atoms with E-state index in [4.69, 9.17) is 20.8 Å². The molecule has 0 spiro atoms. The highest BCUT2D eigenvalue weighted by molar-refractivity contribution is 6.30. The molecule has 6 nitrogen and oxygen atoms in total. The maximum Gasteiger partial charge on any atom is 0.155 e. The van der Waals surface area contributed by atoms with Gasteiger partial charge >= 0.3 is 0 Å². The Kier molecular flexibility index (Phi) is 5.06. The first-order valence-corrected chi connectivity index (χ1v) is 10.1. The van der Waals surface area contributed by atoms with E-state index < -0.39 is 0 Å². The van der Waals surface area contributed by atoms with Crippen molar-refractivity contribution in [2.24, 2.45) is 5.16 Å². The molecular formula is C24H18ClN3O3. The quantitative estimate of drug-likeness (QED) is 0.302. The van der Waals surface area contributed by atoms with E-state index in [2.05, 4.69) is 10.1 Å².